The van der Waals surface area contributed by atoms with Crippen molar-refractivity contribution in [3.63, 3.8) is 0 Å². The van der Waals surface area contributed by atoms with Gasteiger partial charge in [0.15, 0.2) is 0 Å². The number of nitrogens with one attached hydrogen (secondary N) is 1. The second kappa shape index (κ2) is 8.14. The molecule has 3 rings (SSSR count). The molecule has 0 aliphatic carbocycles. The normalized spacial score (nSPS) is 13.6. The third-order valence-corrected chi connectivity index (χ3v) is 4.26. The molecule has 6 heteroatoms. The molecule has 1 heterocycles. The van der Waals surface area contributed by atoms with Crippen molar-refractivity contribution >= 4 is 35.6 Å². The van der Waals surface area contributed by atoms with Gasteiger partial charge in [-0.1, -0.05) is 30.3 Å². The topological polar surface area (TPSA) is 75.4 Å². The number of carbonyl (C=O) groups is 2. The van der Waals surface area contributed by atoms with E-state index in [1.54, 1.807) is 11.8 Å². The number of amides is 2. The van der Waals surface area contributed by atoms with Crippen molar-refractivity contribution in [1.82, 2.24) is 0 Å². The van der Waals surface area contributed by atoms with E-state index in [1.807, 2.05) is 48.5 Å². The second-order valence-corrected chi connectivity index (χ2v) is 6.05. The maximum atomic E-state index is 12.3. The molecule has 0 aromatic heterocycles. The third-order valence-electron chi connectivity index (χ3n) is 4.26. The predicted octanol–water partition coefficient (Wildman–Crippen LogP) is 2.53. The van der Waals surface area contributed by atoms with E-state index in [0.717, 1.165) is 23.2 Å². The van der Waals surface area contributed by atoms with Crippen LogP contribution in [0.25, 0.3) is 0 Å². The number of anilines is 2. The molecule has 0 spiro atoms. The molecule has 2 aromatic carbocycles. The van der Waals surface area contributed by atoms with Crippen molar-refractivity contribution in [3.8, 4) is 0 Å². The van der Waals surface area contributed by atoms with Crippen LogP contribution in [-0.2, 0) is 22.4 Å². The number of nitrogens with zero attached hydrogens (tertiary/aromatic N) is 1. The summed E-state index contributed by atoms with van der Waals surface area (Å²) >= 11 is 0. The summed E-state index contributed by atoms with van der Waals surface area (Å²) in [5.41, 5.74) is 9.75. The highest BCUT2D eigenvalue weighted by Crippen LogP contribution is 2.30. The summed E-state index contributed by atoms with van der Waals surface area (Å²) in [6, 6.07) is 14.7. The largest absolute Gasteiger partial charge is 0.325 e. The minimum Gasteiger partial charge on any atom is -0.325 e. The van der Waals surface area contributed by atoms with E-state index in [0.29, 0.717) is 18.7 Å². The summed E-state index contributed by atoms with van der Waals surface area (Å²) in [4.78, 5) is 25.6. The van der Waals surface area contributed by atoms with Crippen LogP contribution in [0.15, 0.2) is 48.5 Å². The number of nitrogens with two attached hydrogens (primary N) is 1. The highest BCUT2D eigenvalue weighted by atomic mass is 35.5. The SMILES string of the molecule is CC(=O)N1CCc2cc(NC(=O)[C@@H](N)Cc3ccccc3)ccc21.Cl. The number of hydrogen-bond donors (Lipinski definition) is 2. The molecule has 0 fully saturated rings. The molecule has 132 valence electrons. The fourth-order valence-electron chi connectivity index (χ4n) is 3.00. The summed E-state index contributed by atoms with van der Waals surface area (Å²) in [6.07, 6.45) is 1.30. The predicted molar refractivity (Wildman–Crippen MR) is 102 cm³/mol. The number of halogens is 1. The number of rotatable bonds is 4. The smallest absolute Gasteiger partial charge is 0.241 e. The molecule has 5 nitrogen and oxygen atoms in total. The first-order chi connectivity index (χ1) is 11.5. The fraction of sp³-hybridized carbons (Fsp3) is 0.263. The van der Waals surface area contributed by atoms with Crippen LogP contribution < -0.4 is 16.0 Å². The van der Waals surface area contributed by atoms with Gasteiger partial charge >= 0.3 is 0 Å². The summed E-state index contributed by atoms with van der Waals surface area (Å²) in [5.74, 6) is -0.171. The van der Waals surface area contributed by atoms with Gasteiger partial charge in [0.05, 0.1) is 6.04 Å². The van der Waals surface area contributed by atoms with Crippen molar-refractivity contribution in [2.24, 2.45) is 5.73 Å². The van der Waals surface area contributed by atoms with Gasteiger partial charge in [-0.2, -0.15) is 0 Å². The molecule has 1 atom stereocenters. The van der Waals surface area contributed by atoms with Crippen LogP contribution in [0.4, 0.5) is 11.4 Å². The van der Waals surface area contributed by atoms with Crippen LogP contribution >= 0.6 is 12.4 Å². The minimum atomic E-state index is -0.602. The molecule has 0 bridgehead atoms. The van der Waals surface area contributed by atoms with E-state index in [4.69, 9.17) is 5.73 Å². The van der Waals surface area contributed by atoms with Crippen molar-refractivity contribution < 1.29 is 9.59 Å². The minimum absolute atomic E-state index is 0. The third kappa shape index (κ3) is 4.38. The van der Waals surface area contributed by atoms with E-state index in [1.165, 1.54) is 0 Å². The lowest BCUT2D eigenvalue weighted by Gasteiger charge is -2.16. The zero-order chi connectivity index (χ0) is 17.1. The highest BCUT2D eigenvalue weighted by Gasteiger charge is 2.22. The van der Waals surface area contributed by atoms with E-state index >= 15 is 0 Å². The number of fused-ring (bicyclic) bond motifs is 1. The van der Waals surface area contributed by atoms with E-state index in [2.05, 4.69) is 5.32 Å². The molecular formula is C19H22ClN3O2. The Balaban J connectivity index is 0.00000225. The highest BCUT2D eigenvalue weighted by molar-refractivity contribution is 5.97. The molecule has 0 saturated heterocycles. The van der Waals surface area contributed by atoms with Gasteiger partial charge in [0.25, 0.3) is 0 Å². The first-order valence-corrected chi connectivity index (χ1v) is 8.06. The molecule has 0 saturated carbocycles. The second-order valence-electron chi connectivity index (χ2n) is 6.05. The van der Waals surface area contributed by atoms with Crippen LogP contribution in [0.5, 0.6) is 0 Å². The first-order valence-electron chi connectivity index (χ1n) is 8.06. The lowest BCUT2D eigenvalue weighted by atomic mass is 10.1. The number of hydrogen-bond acceptors (Lipinski definition) is 3. The van der Waals surface area contributed by atoms with Crippen molar-refractivity contribution in [1.29, 1.82) is 0 Å². The average molecular weight is 360 g/mol. The van der Waals surface area contributed by atoms with Crippen LogP contribution in [0.3, 0.4) is 0 Å². The Morgan fingerprint density at radius 1 is 1.20 bits per heavy atom. The Morgan fingerprint density at radius 3 is 2.60 bits per heavy atom. The molecule has 1 aliphatic rings. The Morgan fingerprint density at radius 2 is 1.92 bits per heavy atom. The lowest BCUT2D eigenvalue weighted by Crippen LogP contribution is -2.37. The molecule has 3 N–H and O–H groups in total. The van der Waals surface area contributed by atoms with Gasteiger partial charge < -0.3 is 16.0 Å². The van der Waals surface area contributed by atoms with Gasteiger partial charge in [-0.15, -0.1) is 12.4 Å². The zero-order valence-corrected chi connectivity index (χ0v) is 14.9. The van der Waals surface area contributed by atoms with Crippen LogP contribution in [0.1, 0.15) is 18.1 Å². The maximum Gasteiger partial charge on any atom is 0.241 e. The molecule has 2 amide bonds. The number of carbonyl (C=O) groups excluding carboxylic acids is 2. The summed E-state index contributed by atoms with van der Waals surface area (Å²) < 4.78 is 0. The first kappa shape index (κ1) is 19.0. The average Bonchev–Trinajstić information content (AvgIpc) is 2.99. The summed E-state index contributed by atoms with van der Waals surface area (Å²) in [7, 11) is 0. The summed E-state index contributed by atoms with van der Waals surface area (Å²) in [5, 5.41) is 2.87. The molecule has 1 aliphatic heterocycles. The Kier molecular flexibility index (Phi) is 6.17. The van der Waals surface area contributed by atoms with E-state index in [9.17, 15) is 9.59 Å². The molecule has 0 unspecified atom stereocenters. The zero-order valence-electron chi connectivity index (χ0n) is 14.1. The number of benzene rings is 2. The molecule has 2 aromatic rings. The van der Waals surface area contributed by atoms with Crippen molar-refractivity contribution in [2.45, 2.75) is 25.8 Å². The van der Waals surface area contributed by atoms with Crippen LogP contribution in [0, 0.1) is 0 Å². The monoisotopic (exact) mass is 359 g/mol. The van der Waals surface area contributed by atoms with Gasteiger partial charge in [-0.3, -0.25) is 9.59 Å². The Bertz CT molecular complexity index is 765. The molecule has 25 heavy (non-hydrogen) atoms. The van der Waals surface area contributed by atoms with Gasteiger partial charge in [0, 0.05) is 24.8 Å². The van der Waals surface area contributed by atoms with Crippen molar-refractivity contribution in [3.05, 3.63) is 59.7 Å². The Hall–Kier alpha value is -2.37. The fourth-order valence-corrected chi connectivity index (χ4v) is 3.00. The lowest BCUT2D eigenvalue weighted by molar-refractivity contribution is -0.117. The van der Waals surface area contributed by atoms with Crippen LogP contribution in [0.2, 0.25) is 0 Å². The van der Waals surface area contributed by atoms with Crippen molar-refractivity contribution in [2.75, 3.05) is 16.8 Å². The maximum absolute atomic E-state index is 12.3. The molecular weight excluding hydrogens is 338 g/mol. The van der Waals surface area contributed by atoms with Gasteiger partial charge in [0.2, 0.25) is 11.8 Å². The Labute approximate surface area is 153 Å². The van der Waals surface area contributed by atoms with E-state index < -0.39 is 6.04 Å². The quantitative estimate of drug-likeness (QED) is 0.880. The summed E-state index contributed by atoms with van der Waals surface area (Å²) in [6.45, 7) is 2.25. The van der Waals surface area contributed by atoms with Gasteiger partial charge in [0.1, 0.15) is 0 Å². The van der Waals surface area contributed by atoms with Crippen LogP contribution in [-0.4, -0.2) is 24.4 Å². The van der Waals surface area contributed by atoms with E-state index in [-0.39, 0.29) is 24.2 Å². The molecule has 0 radical (unpaired) electrons. The standard InChI is InChI=1S/C19H21N3O2.ClH/c1-13(23)22-10-9-15-12-16(7-8-18(15)22)21-19(24)17(20)11-14-5-3-2-4-6-14;/h2-8,12,17H,9-11,20H2,1H3,(H,21,24);1H/t17-;/m0./s1. The van der Waals surface area contributed by atoms with Gasteiger partial charge in [-0.05, 0) is 42.2 Å². The van der Waals surface area contributed by atoms with Gasteiger partial charge in [-0.25, -0.2) is 0 Å².